The van der Waals surface area contributed by atoms with Crippen LogP contribution in [-0.4, -0.2) is 19.9 Å². The molecule has 22 rings (SSSR count). The maximum Gasteiger partial charge on any atom is 2.00 e. The standard InChI is InChI=1S/C114H74N8P2.2Zn/c1-13-37-77(38-14-1)105-89-61-63-91(115-89)107(79-41-17-3-18-42-79)95-69-71-99(119-95)111(83-49-25-7-26-50-83)113-103(75-101(121-113)109(81-45-21-5-22-46-81)97-67-65-93(105)117-97)123(85-53-29-9-30-54-85,86-55-31-10-32-56-86)73-74-124(87-57-33-11-34-58-87,88-59-35-12-36-60-88)104-76-102-110(82-47-23-6-24-48-82)98-68-66-94(118-98)106(78-39-15-2-16-40-78)90-62-64-92(116-90)108(80-43-19-4-20-44-80)96-70-72-100(120-96)112(114(104)122-102)84-51-27-8-28-52-84;;/h1-72,75-76H;;/q-2;2*+2. The predicted molar refractivity (Wildman–Crippen MR) is 521 cm³/mol. The number of nitrogens with zero attached hydrogens (tertiary/aromatic N) is 8. The van der Waals surface area contributed by atoms with E-state index in [4.69, 9.17) is 51.2 Å². The van der Waals surface area contributed by atoms with Crippen molar-refractivity contribution in [1.82, 2.24) is 39.9 Å². The van der Waals surface area contributed by atoms with Crippen molar-refractivity contribution in [1.29, 1.82) is 0 Å². The summed E-state index contributed by atoms with van der Waals surface area (Å²) < 4.78 is 0. The summed E-state index contributed by atoms with van der Waals surface area (Å²) in [6.45, 7) is 0. The van der Waals surface area contributed by atoms with E-state index >= 15 is 0 Å². The Bertz CT molecular complexity index is 7190. The van der Waals surface area contributed by atoms with Crippen LogP contribution in [0.5, 0.6) is 0 Å². The maximum absolute atomic E-state index is 6.34. The van der Waals surface area contributed by atoms with Gasteiger partial charge in [-0.1, -0.05) is 364 Å². The second-order valence-electron chi connectivity index (χ2n) is 30.9. The summed E-state index contributed by atoms with van der Waals surface area (Å²) in [4.78, 5) is 47.4. The van der Waals surface area contributed by atoms with Crippen molar-refractivity contribution < 1.29 is 39.0 Å². The summed E-state index contributed by atoms with van der Waals surface area (Å²) in [6, 6.07) is 146. The van der Waals surface area contributed by atoms with Crippen LogP contribution in [0.4, 0.5) is 0 Å². The van der Waals surface area contributed by atoms with Crippen LogP contribution in [0.15, 0.2) is 413 Å². The van der Waals surface area contributed by atoms with Crippen LogP contribution in [0.25, 0.3) is 180 Å². The number of hydrogen-bond donors (Lipinski definition) is 0. The van der Waals surface area contributed by atoms with Crippen LogP contribution in [0, 0.1) is 11.3 Å². The summed E-state index contributed by atoms with van der Waals surface area (Å²) in [7, 11) is -7.19. The second kappa shape index (κ2) is 34.7. The summed E-state index contributed by atoms with van der Waals surface area (Å²) in [5.74, 6) is 0. The zero-order chi connectivity index (χ0) is 82.3. The molecule has 0 aliphatic carbocycles. The Kier molecular flexibility index (Phi) is 22.0. The molecule has 0 unspecified atom stereocenters. The molecular weight excluding hydrogens is 1670 g/mol. The van der Waals surface area contributed by atoms with Crippen LogP contribution in [0.1, 0.15) is 45.6 Å². The van der Waals surface area contributed by atoms with Gasteiger partial charge in [-0.25, -0.2) is 19.9 Å². The normalized spacial score (nSPS) is 12.1. The molecule has 6 aromatic heterocycles. The van der Waals surface area contributed by atoms with Crippen LogP contribution >= 0.6 is 14.5 Å². The third-order valence-corrected chi connectivity index (χ3v) is 31.1. The first-order valence-corrected chi connectivity index (χ1v) is 45.2. The van der Waals surface area contributed by atoms with Crippen LogP contribution in [0.3, 0.4) is 0 Å². The van der Waals surface area contributed by atoms with Crippen molar-refractivity contribution in [2.24, 2.45) is 0 Å². The topological polar surface area (TPSA) is 108 Å². The van der Waals surface area contributed by atoms with Gasteiger partial charge in [0.25, 0.3) is 0 Å². The second-order valence-corrected chi connectivity index (χ2v) is 37.0. The molecule has 12 aromatic carbocycles. The predicted octanol–water partition coefficient (Wildman–Crippen LogP) is 26.1. The summed E-state index contributed by atoms with van der Waals surface area (Å²) in [5, 5.41) is 6.00. The zero-order valence-electron chi connectivity index (χ0n) is 68.6. The van der Waals surface area contributed by atoms with Crippen LogP contribution < -0.4 is 41.2 Å². The molecule has 8 nitrogen and oxygen atoms in total. The van der Waals surface area contributed by atoms with Gasteiger partial charge in [-0.15, -0.1) is 44.1 Å². The largest absolute Gasteiger partial charge is 2.00 e. The Morgan fingerprint density at radius 1 is 0.175 bits per heavy atom. The Morgan fingerprint density at radius 3 is 0.540 bits per heavy atom. The van der Waals surface area contributed by atoms with Gasteiger partial charge in [0.2, 0.25) is 0 Å². The summed E-state index contributed by atoms with van der Waals surface area (Å²) in [6.07, 6.45) is 13.3. The van der Waals surface area contributed by atoms with Gasteiger partial charge in [0.05, 0.1) is 34.2 Å². The third kappa shape index (κ3) is 14.5. The molecule has 10 heterocycles. The van der Waals surface area contributed by atoms with Gasteiger partial charge in [0.15, 0.2) is 14.5 Å². The quantitative estimate of drug-likeness (QED) is 0.0602. The molecule has 16 bridgehead atoms. The molecular formula is C114H74N8P2Zn2+2. The van der Waals surface area contributed by atoms with Gasteiger partial charge >= 0.3 is 39.0 Å². The van der Waals surface area contributed by atoms with E-state index < -0.39 is 14.5 Å². The molecule has 582 valence electrons. The van der Waals surface area contributed by atoms with Gasteiger partial charge in [-0.05, 0) is 162 Å². The fourth-order valence-electron chi connectivity index (χ4n) is 18.0. The molecule has 4 aliphatic heterocycles. The fraction of sp³-hybridized carbons (Fsp3) is 0. The van der Waals surface area contributed by atoms with E-state index in [0.29, 0.717) is 0 Å². The van der Waals surface area contributed by atoms with E-state index in [2.05, 4.69) is 449 Å². The van der Waals surface area contributed by atoms with Crippen molar-refractivity contribution in [3.63, 3.8) is 0 Å². The fourth-order valence-corrected chi connectivity index (χ4v) is 25.7. The molecule has 0 fully saturated rings. The Balaban J connectivity index is 0.00000501. The van der Waals surface area contributed by atoms with Crippen LogP contribution in [0.2, 0.25) is 0 Å². The summed E-state index contributed by atoms with van der Waals surface area (Å²) in [5.41, 5.74) is 36.2. The molecule has 0 amide bonds. The van der Waals surface area contributed by atoms with E-state index in [-0.39, 0.29) is 39.0 Å². The van der Waals surface area contributed by atoms with E-state index in [1.54, 1.807) is 0 Å². The Morgan fingerprint density at radius 2 is 0.341 bits per heavy atom. The van der Waals surface area contributed by atoms with E-state index in [9.17, 15) is 0 Å². The average molecular weight is 1750 g/mol. The number of hydrogen-bond acceptors (Lipinski definition) is 4. The van der Waals surface area contributed by atoms with Crippen LogP contribution in [-0.2, 0) is 39.0 Å². The zero-order valence-corrected chi connectivity index (χ0v) is 76.3. The van der Waals surface area contributed by atoms with Gasteiger partial charge in [0, 0.05) is 12.2 Å². The van der Waals surface area contributed by atoms with Crippen molar-refractivity contribution >= 4 is 127 Å². The molecule has 4 aliphatic rings. The van der Waals surface area contributed by atoms with Crippen molar-refractivity contribution in [3.05, 3.63) is 458 Å². The van der Waals surface area contributed by atoms with Gasteiger partial charge < -0.3 is 19.9 Å². The first-order chi connectivity index (χ1) is 61.5. The smallest absolute Gasteiger partial charge is 0.657 e. The molecule has 0 spiro atoms. The molecule has 0 N–H and O–H groups in total. The monoisotopic (exact) mass is 1740 g/mol. The van der Waals surface area contributed by atoms with Crippen molar-refractivity contribution in [2.45, 2.75) is 0 Å². The number of benzene rings is 12. The molecule has 0 atom stereocenters. The van der Waals surface area contributed by atoms with Gasteiger partial charge in [-0.3, -0.25) is 0 Å². The number of rotatable bonds is 14. The third-order valence-electron chi connectivity index (χ3n) is 23.6. The molecule has 0 radical (unpaired) electrons. The number of fused-ring (bicyclic) bond motifs is 16. The van der Waals surface area contributed by atoms with Gasteiger partial charge in [0.1, 0.15) is 54.6 Å². The minimum Gasteiger partial charge on any atom is -0.657 e. The first-order valence-electron chi connectivity index (χ1n) is 41.7. The maximum atomic E-state index is 6.34. The van der Waals surface area contributed by atoms with Crippen molar-refractivity contribution in [3.8, 4) is 100 Å². The summed E-state index contributed by atoms with van der Waals surface area (Å²) >= 11 is 0. The molecule has 0 saturated carbocycles. The molecule has 126 heavy (non-hydrogen) atoms. The van der Waals surface area contributed by atoms with E-state index in [0.717, 1.165) is 211 Å². The minimum absolute atomic E-state index is 0. The first kappa shape index (κ1) is 79.9. The molecule has 12 heteroatoms. The Labute approximate surface area is 758 Å². The molecule has 0 saturated heterocycles. The Hall–Kier alpha value is -14.5. The average Bonchev–Trinajstić information content (AvgIpc) is 1.73. The number of aromatic nitrogens is 8. The molecule has 18 aromatic rings. The van der Waals surface area contributed by atoms with E-state index in [1.165, 1.54) is 0 Å². The van der Waals surface area contributed by atoms with Gasteiger partial charge in [-0.2, -0.15) is 0 Å². The van der Waals surface area contributed by atoms with E-state index in [1.807, 2.05) is 0 Å². The SMILES string of the molecule is C(#C[P+](C1=Cc2nc1c(-c1ccccc1)c1ccc([n-]1)c(-c1ccccc1)c1nc(c(-c3ccccc3)c3ccc([n-]3)c2-c2ccccc2)C=C1)(c1ccccc1)c1ccccc1)[P+](C1=Cc2nc1c(-c1ccccc1)c1ccc([n-]1)c(-c1ccccc1)c1nc(c(-c3ccccc3)c3ccc([n-]3)c2-c2ccccc2)C=C1)(c1ccccc1)c1ccccc1.[Zn+2].[Zn+2]. The minimum atomic E-state index is -3.59. The van der Waals surface area contributed by atoms with Crippen molar-refractivity contribution in [2.75, 3.05) is 0 Å².